The first-order valence-electron chi connectivity index (χ1n) is 6.78. The van der Waals surface area contributed by atoms with E-state index in [1.165, 1.54) is 5.56 Å². The molecule has 1 heterocycles. The van der Waals surface area contributed by atoms with Crippen molar-refractivity contribution in [3.63, 3.8) is 0 Å². The molecule has 1 aliphatic heterocycles. The lowest BCUT2D eigenvalue weighted by Crippen LogP contribution is -2.45. The van der Waals surface area contributed by atoms with Crippen molar-refractivity contribution >= 4 is 17.3 Å². The van der Waals surface area contributed by atoms with Crippen LogP contribution in [0.3, 0.4) is 0 Å². The topological polar surface area (TPSA) is 21.3 Å². The fourth-order valence-corrected chi connectivity index (χ4v) is 2.70. The van der Waals surface area contributed by atoms with E-state index in [9.17, 15) is 4.39 Å². The number of ether oxygens (including phenoxy) is 1. The summed E-state index contributed by atoms with van der Waals surface area (Å²) in [5.74, 6) is 0.422. The van der Waals surface area contributed by atoms with Crippen LogP contribution in [-0.4, -0.2) is 23.9 Å². The van der Waals surface area contributed by atoms with Crippen molar-refractivity contribution in [3.8, 4) is 0 Å². The highest BCUT2D eigenvalue weighted by atomic mass is 35.5. The summed E-state index contributed by atoms with van der Waals surface area (Å²) in [7, 11) is 0. The van der Waals surface area contributed by atoms with E-state index in [0.717, 1.165) is 5.69 Å². The molecule has 19 heavy (non-hydrogen) atoms. The van der Waals surface area contributed by atoms with Crippen LogP contribution in [0.1, 0.15) is 38.7 Å². The van der Waals surface area contributed by atoms with Crippen LogP contribution >= 0.6 is 11.6 Å². The molecule has 2 nitrogen and oxygen atoms in total. The fraction of sp³-hybridized carbons (Fsp3) is 0.600. The Kier molecular flexibility index (Phi) is 4.69. The molecule has 0 radical (unpaired) electrons. The Labute approximate surface area is 119 Å². The number of halogens is 2. The van der Waals surface area contributed by atoms with Gasteiger partial charge < -0.3 is 10.1 Å². The maximum Gasteiger partial charge on any atom is 0.162 e. The monoisotopic (exact) mass is 285 g/mol. The van der Waals surface area contributed by atoms with Crippen LogP contribution in [0.4, 0.5) is 10.1 Å². The largest absolute Gasteiger partial charge is 0.379 e. The van der Waals surface area contributed by atoms with Crippen LogP contribution in [0.5, 0.6) is 0 Å². The molecule has 1 saturated heterocycles. The van der Waals surface area contributed by atoms with Crippen molar-refractivity contribution in [3.05, 3.63) is 29.8 Å². The third kappa shape index (κ3) is 3.40. The maximum absolute atomic E-state index is 13.7. The van der Waals surface area contributed by atoms with Gasteiger partial charge in [0.15, 0.2) is 5.56 Å². The second-order valence-corrected chi connectivity index (χ2v) is 5.87. The summed E-state index contributed by atoms with van der Waals surface area (Å²) in [5.41, 5.74) is 1.46. The van der Waals surface area contributed by atoms with Crippen LogP contribution in [0.25, 0.3) is 0 Å². The van der Waals surface area contributed by atoms with Gasteiger partial charge in [0.25, 0.3) is 0 Å². The highest BCUT2D eigenvalue weighted by Crippen LogP contribution is 2.30. The number of hydrogen-bond donors (Lipinski definition) is 1. The Bertz CT molecular complexity index is 426. The van der Waals surface area contributed by atoms with E-state index in [0.29, 0.717) is 12.3 Å². The third-order valence-electron chi connectivity index (χ3n) is 3.60. The minimum atomic E-state index is -1.12. The summed E-state index contributed by atoms with van der Waals surface area (Å²) in [5, 5.41) is 3.41. The summed E-state index contributed by atoms with van der Waals surface area (Å²) in [6.07, 6.45) is -0.849. The summed E-state index contributed by atoms with van der Waals surface area (Å²) in [6.45, 7) is 6.22. The number of para-hydroxylation sites is 1. The number of hydrogen-bond acceptors (Lipinski definition) is 2. The highest BCUT2D eigenvalue weighted by Gasteiger charge is 2.35. The standard InChI is InChI=1S/C15H21ClFNO/c1-9(2)11-6-4-5-7-13(11)18-14-8-12(17)15(16)19-10(14)3/h4-7,9-10,12,14-15,18H,8H2,1-3H3. The van der Waals surface area contributed by atoms with Crippen LogP contribution in [0.2, 0.25) is 0 Å². The van der Waals surface area contributed by atoms with Gasteiger partial charge in [0, 0.05) is 12.1 Å². The average Bonchev–Trinajstić information content (AvgIpc) is 2.36. The third-order valence-corrected chi connectivity index (χ3v) is 3.97. The number of rotatable bonds is 3. The molecule has 4 atom stereocenters. The van der Waals surface area contributed by atoms with Gasteiger partial charge >= 0.3 is 0 Å². The van der Waals surface area contributed by atoms with Crippen molar-refractivity contribution in [1.29, 1.82) is 0 Å². The first-order chi connectivity index (χ1) is 8.99. The molecule has 1 aliphatic rings. The fourth-order valence-electron chi connectivity index (χ4n) is 2.43. The van der Waals surface area contributed by atoms with E-state index in [-0.39, 0.29) is 12.1 Å². The molecule has 1 aromatic carbocycles. The Morgan fingerprint density at radius 3 is 2.74 bits per heavy atom. The summed E-state index contributed by atoms with van der Waals surface area (Å²) in [6, 6.07) is 8.08. The summed E-state index contributed by atoms with van der Waals surface area (Å²) in [4.78, 5) is 0. The summed E-state index contributed by atoms with van der Waals surface area (Å²) >= 11 is 5.79. The molecule has 106 valence electrons. The molecule has 0 saturated carbocycles. The van der Waals surface area contributed by atoms with Crippen LogP contribution in [0, 0.1) is 0 Å². The van der Waals surface area contributed by atoms with Gasteiger partial charge in [-0.15, -0.1) is 0 Å². The Morgan fingerprint density at radius 1 is 1.37 bits per heavy atom. The smallest absolute Gasteiger partial charge is 0.162 e. The predicted octanol–water partition coefficient (Wildman–Crippen LogP) is 4.30. The van der Waals surface area contributed by atoms with Crippen LogP contribution in [0.15, 0.2) is 24.3 Å². The zero-order chi connectivity index (χ0) is 14.0. The average molecular weight is 286 g/mol. The minimum Gasteiger partial charge on any atom is -0.379 e. The SMILES string of the molecule is CC(C)c1ccccc1NC1CC(F)C(Cl)OC1C. The van der Waals surface area contributed by atoms with Gasteiger partial charge in [0.2, 0.25) is 0 Å². The van der Waals surface area contributed by atoms with E-state index >= 15 is 0 Å². The maximum atomic E-state index is 13.7. The number of anilines is 1. The second-order valence-electron chi connectivity index (χ2n) is 5.44. The second kappa shape index (κ2) is 6.10. The Hall–Kier alpha value is -0.800. The zero-order valence-corrected chi connectivity index (χ0v) is 12.3. The van der Waals surface area contributed by atoms with E-state index in [2.05, 4.69) is 25.2 Å². The molecule has 1 N–H and O–H groups in total. The van der Waals surface area contributed by atoms with Gasteiger partial charge in [-0.2, -0.15) is 0 Å². The van der Waals surface area contributed by atoms with Crippen LogP contribution in [-0.2, 0) is 4.74 Å². The quantitative estimate of drug-likeness (QED) is 0.836. The van der Waals surface area contributed by atoms with E-state index in [1.54, 1.807) is 0 Å². The first kappa shape index (κ1) is 14.6. The molecule has 0 aliphatic carbocycles. The number of nitrogens with one attached hydrogen (secondary N) is 1. The van der Waals surface area contributed by atoms with E-state index in [1.807, 2.05) is 25.1 Å². The number of benzene rings is 1. The molecule has 1 fully saturated rings. The molecule has 0 amide bonds. The highest BCUT2D eigenvalue weighted by molar-refractivity contribution is 6.20. The van der Waals surface area contributed by atoms with Gasteiger partial charge in [-0.05, 0) is 24.5 Å². The molecule has 4 heteroatoms. The lowest BCUT2D eigenvalue weighted by Gasteiger charge is -2.35. The molecular weight excluding hydrogens is 265 g/mol. The minimum absolute atomic E-state index is 0.0510. The number of alkyl halides is 2. The van der Waals surface area contributed by atoms with Crippen molar-refractivity contribution in [2.24, 2.45) is 0 Å². The normalized spacial score (nSPS) is 31.5. The van der Waals surface area contributed by atoms with E-state index in [4.69, 9.17) is 16.3 Å². The lowest BCUT2D eigenvalue weighted by atomic mass is 9.98. The van der Waals surface area contributed by atoms with Crippen molar-refractivity contribution < 1.29 is 9.13 Å². The molecule has 4 unspecified atom stereocenters. The molecule has 1 aromatic rings. The molecule has 2 rings (SSSR count). The van der Waals surface area contributed by atoms with Crippen LogP contribution < -0.4 is 5.32 Å². The molecular formula is C15H21ClFNO. The molecule has 0 bridgehead atoms. The van der Waals surface area contributed by atoms with Gasteiger partial charge in [-0.3, -0.25) is 0 Å². The Balaban J connectivity index is 2.13. The molecule has 0 spiro atoms. The predicted molar refractivity (Wildman–Crippen MR) is 77.6 cm³/mol. The lowest BCUT2D eigenvalue weighted by molar-refractivity contribution is -0.0488. The van der Waals surface area contributed by atoms with Crippen molar-refractivity contribution in [2.45, 2.75) is 57.0 Å². The molecule has 0 aromatic heterocycles. The van der Waals surface area contributed by atoms with Crippen molar-refractivity contribution in [1.82, 2.24) is 0 Å². The summed E-state index contributed by atoms with van der Waals surface area (Å²) < 4.78 is 19.1. The first-order valence-corrected chi connectivity index (χ1v) is 7.21. The van der Waals surface area contributed by atoms with Gasteiger partial charge in [-0.1, -0.05) is 43.6 Å². The Morgan fingerprint density at radius 2 is 2.05 bits per heavy atom. The van der Waals surface area contributed by atoms with E-state index < -0.39 is 11.7 Å². The zero-order valence-electron chi connectivity index (χ0n) is 11.6. The van der Waals surface area contributed by atoms with Gasteiger partial charge in [-0.25, -0.2) is 4.39 Å². The van der Waals surface area contributed by atoms with Gasteiger partial charge in [0.05, 0.1) is 12.1 Å². The van der Waals surface area contributed by atoms with Crippen molar-refractivity contribution in [2.75, 3.05) is 5.32 Å². The van der Waals surface area contributed by atoms with Gasteiger partial charge in [0.1, 0.15) is 6.17 Å².